The lowest BCUT2D eigenvalue weighted by Gasteiger charge is -2.06. The van der Waals surface area contributed by atoms with Gasteiger partial charge in [-0.2, -0.15) is 5.10 Å². The molecule has 0 aliphatic rings. The van der Waals surface area contributed by atoms with E-state index in [1.54, 1.807) is 0 Å². The summed E-state index contributed by atoms with van der Waals surface area (Å²) in [5.74, 6) is -0.0351. The van der Waals surface area contributed by atoms with Gasteiger partial charge < -0.3 is 4.74 Å². The van der Waals surface area contributed by atoms with Crippen molar-refractivity contribution in [2.45, 2.75) is 13.5 Å². The molecule has 0 aliphatic carbocycles. The lowest BCUT2D eigenvalue weighted by atomic mass is 10.2. The summed E-state index contributed by atoms with van der Waals surface area (Å²) >= 11 is 0. The molecule has 0 fully saturated rings. The van der Waals surface area contributed by atoms with Crippen molar-refractivity contribution in [1.82, 2.24) is 5.43 Å². The second-order valence-electron chi connectivity index (χ2n) is 6.05. The average Bonchev–Trinajstić information content (AvgIpc) is 2.69. The lowest BCUT2D eigenvalue weighted by molar-refractivity contribution is 0.0955. The molecule has 3 aromatic rings. The van der Waals surface area contributed by atoms with Gasteiger partial charge in [-0.25, -0.2) is 9.82 Å². The van der Waals surface area contributed by atoms with Crippen molar-refractivity contribution in [2.75, 3.05) is 0 Å². The standard InChI is InChI=1S/C22H19FN2O2/c1-16-2-4-18(5-3-16)15-27-21-12-6-17(7-13-21)14-24-25-22(26)19-8-10-20(23)11-9-19/h2-14H,15H2,1H3,(H,25,26)/b24-14-. The van der Waals surface area contributed by atoms with Crippen LogP contribution in [0.15, 0.2) is 77.9 Å². The fourth-order valence-corrected chi connectivity index (χ4v) is 2.33. The molecule has 0 aromatic heterocycles. The predicted molar refractivity (Wildman–Crippen MR) is 103 cm³/mol. The van der Waals surface area contributed by atoms with E-state index in [9.17, 15) is 9.18 Å². The fraction of sp³-hybridized carbons (Fsp3) is 0.0909. The van der Waals surface area contributed by atoms with Crippen LogP contribution in [0.25, 0.3) is 0 Å². The smallest absolute Gasteiger partial charge is 0.271 e. The van der Waals surface area contributed by atoms with E-state index in [4.69, 9.17) is 4.74 Å². The molecule has 0 radical (unpaired) electrons. The van der Waals surface area contributed by atoms with Crippen LogP contribution >= 0.6 is 0 Å². The zero-order valence-corrected chi connectivity index (χ0v) is 14.9. The predicted octanol–water partition coefficient (Wildman–Crippen LogP) is 4.48. The first kappa shape index (κ1) is 18.3. The second kappa shape index (κ2) is 8.76. The summed E-state index contributed by atoms with van der Waals surface area (Å²) in [7, 11) is 0. The zero-order valence-electron chi connectivity index (χ0n) is 14.9. The molecule has 0 atom stereocenters. The largest absolute Gasteiger partial charge is 0.489 e. The summed E-state index contributed by atoms with van der Waals surface area (Å²) in [6.45, 7) is 2.55. The normalized spacial score (nSPS) is 10.7. The maximum atomic E-state index is 12.9. The van der Waals surface area contributed by atoms with Gasteiger partial charge >= 0.3 is 0 Å². The second-order valence-corrected chi connectivity index (χ2v) is 6.05. The number of ether oxygens (including phenoxy) is 1. The Morgan fingerprint density at radius 3 is 2.33 bits per heavy atom. The molecule has 0 saturated carbocycles. The number of rotatable bonds is 6. The van der Waals surface area contributed by atoms with Gasteiger partial charge in [0.25, 0.3) is 5.91 Å². The van der Waals surface area contributed by atoms with Gasteiger partial charge in [0.15, 0.2) is 0 Å². The zero-order chi connectivity index (χ0) is 19.1. The van der Waals surface area contributed by atoms with Gasteiger partial charge in [-0.05, 0) is 66.6 Å². The number of carbonyl (C=O) groups excluding carboxylic acids is 1. The third-order valence-corrected chi connectivity index (χ3v) is 3.89. The summed E-state index contributed by atoms with van der Waals surface area (Å²) in [5, 5.41) is 3.91. The first-order valence-electron chi connectivity index (χ1n) is 8.47. The van der Waals surface area contributed by atoms with Crippen LogP contribution in [-0.4, -0.2) is 12.1 Å². The quantitative estimate of drug-likeness (QED) is 0.519. The van der Waals surface area contributed by atoms with Crippen molar-refractivity contribution in [3.63, 3.8) is 0 Å². The molecule has 0 heterocycles. The van der Waals surface area contributed by atoms with Crippen LogP contribution in [-0.2, 0) is 6.61 Å². The lowest BCUT2D eigenvalue weighted by Crippen LogP contribution is -2.17. The van der Waals surface area contributed by atoms with Gasteiger partial charge in [0.05, 0.1) is 6.21 Å². The Balaban J connectivity index is 1.50. The van der Waals surface area contributed by atoms with Crippen LogP contribution in [0, 0.1) is 12.7 Å². The highest BCUT2D eigenvalue weighted by molar-refractivity contribution is 5.94. The van der Waals surface area contributed by atoms with Gasteiger partial charge in [0.1, 0.15) is 18.2 Å². The Morgan fingerprint density at radius 1 is 1.00 bits per heavy atom. The van der Waals surface area contributed by atoms with E-state index in [1.807, 2.05) is 43.3 Å². The number of halogens is 1. The fourth-order valence-electron chi connectivity index (χ4n) is 2.33. The van der Waals surface area contributed by atoms with E-state index in [-0.39, 0.29) is 5.82 Å². The van der Waals surface area contributed by atoms with Crippen molar-refractivity contribution >= 4 is 12.1 Å². The van der Waals surface area contributed by atoms with Crippen LogP contribution in [0.3, 0.4) is 0 Å². The molecule has 0 bridgehead atoms. The third kappa shape index (κ3) is 5.51. The van der Waals surface area contributed by atoms with Crippen molar-refractivity contribution in [2.24, 2.45) is 5.10 Å². The van der Waals surface area contributed by atoms with Gasteiger partial charge in [-0.1, -0.05) is 29.8 Å². The van der Waals surface area contributed by atoms with Crippen molar-refractivity contribution in [3.8, 4) is 5.75 Å². The Hall–Kier alpha value is -3.47. The van der Waals surface area contributed by atoms with Gasteiger partial charge in [0, 0.05) is 5.56 Å². The molecule has 3 aromatic carbocycles. The third-order valence-electron chi connectivity index (χ3n) is 3.89. The minimum Gasteiger partial charge on any atom is -0.489 e. The van der Waals surface area contributed by atoms with E-state index in [1.165, 1.54) is 36.0 Å². The monoisotopic (exact) mass is 362 g/mol. The summed E-state index contributed by atoms with van der Waals surface area (Å²) in [5.41, 5.74) is 5.89. The number of hydrogen-bond acceptors (Lipinski definition) is 3. The molecule has 0 spiro atoms. The molecular weight excluding hydrogens is 343 g/mol. The summed E-state index contributed by atoms with van der Waals surface area (Å²) in [4.78, 5) is 11.9. The van der Waals surface area contributed by atoms with Crippen LogP contribution in [0.5, 0.6) is 5.75 Å². The summed E-state index contributed by atoms with van der Waals surface area (Å²) in [6, 6.07) is 20.8. The molecule has 3 rings (SSSR count). The molecule has 5 heteroatoms. The summed E-state index contributed by atoms with van der Waals surface area (Å²) in [6.07, 6.45) is 1.53. The number of carbonyl (C=O) groups is 1. The minimum atomic E-state index is -0.399. The number of nitrogens with zero attached hydrogens (tertiary/aromatic N) is 1. The van der Waals surface area contributed by atoms with Crippen LogP contribution in [0.4, 0.5) is 4.39 Å². The molecule has 4 nitrogen and oxygen atoms in total. The molecule has 0 unspecified atom stereocenters. The number of nitrogens with one attached hydrogen (secondary N) is 1. The molecule has 136 valence electrons. The number of aryl methyl sites for hydroxylation is 1. The molecule has 1 amide bonds. The van der Waals surface area contributed by atoms with Gasteiger partial charge in [0.2, 0.25) is 0 Å². The average molecular weight is 362 g/mol. The maximum Gasteiger partial charge on any atom is 0.271 e. The molecular formula is C22H19FN2O2. The first-order chi connectivity index (χ1) is 13.1. The SMILES string of the molecule is Cc1ccc(COc2ccc(/C=N\NC(=O)c3ccc(F)cc3)cc2)cc1. The number of hydrazone groups is 1. The van der Waals surface area contributed by atoms with Crippen LogP contribution in [0.2, 0.25) is 0 Å². The van der Waals surface area contributed by atoms with Gasteiger partial charge in [-0.15, -0.1) is 0 Å². The first-order valence-corrected chi connectivity index (χ1v) is 8.47. The van der Waals surface area contributed by atoms with Gasteiger partial charge in [-0.3, -0.25) is 4.79 Å². The van der Waals surface area contributed by atoms with Crippen molar-refractivity contribution < 1.29 is 13.9 Å². The highest BCUT2D eigenvalue weighted by Gasteiger charge is 2.03. The van der Waals surface area contributed by atoms with E-state index in [0.717, 1.165) is 16.9 Å². The van der Waals surface area contributed by atoms with Crippen molar-refractivity contribution in [1.29, 1.82) is 0 Å². The Kier molecular flexibility index (Phi) is 5.94. The maximum absolute atomic E-state index is 12.9. The molecule has 1 N–H and O–H groups in total. The Morgan fingerprint density at radius 2 is 1.67 bits per heavy atom. The summed E-state index contributed by atoms with van der Waals surface area (Å²) < 4.78 is 18.6. The Bertz CT molecular complexity index is 918. The highest BCUT2D eigenvalue weighted by atomic mass is 19.1. The van der Waals surface area contributed by atoms with Crippen LogP contribution < -0.4 is 10.2 Å². The molecule has 27 heavy (non-hydrogen) atoms. The van der Waals surface area contributed by atoms with Crippen LogP contribution in [0.1, 0.15) is 27.0 Å². The number of benzene rings is 3. The van der Waals surface area contributed by atoms with E-state index in [0.29, 0.717) is 12.2 Å². The minimum absolute atomic E-state index is 0.341. The Labute approximate surface area is 157 Å². The van der Waals surface area contributed by atoms with E-state index >= 15 is 0 Å². The molecule has 0 aliphatic heterocycles. The van der Waals surface area contributed by atoms with E-state index < -0.39 is 5.91 Å². The molecule has 0 saturated heterocycles. The highest BCUT2D eigenvalue weighted by Crippen LogP contribution is 2.14. The number of hydrogen-bond donors (Lipinski definition) is 1. The topological polar surface area (TPSA) is 50.7 Å². The van der Waals surface area contributed by atoms with Crippen molar-refractivity contribution in [3.05, 3.63) is 101 Å². The number of amides is 1. The van der Waals surface area contributed by atoms with E-state index in [2.05, 4.69) is 22.7 Å².